The van der Waals surface area contributed by atoms with Crippen LogP contribution >= 0.6 is 0 Å². The molecule has 40 heavy (non-hydrogen) atoms. The minimum Gasteiger partial charge on any atom is -0.469 e. The smallest absolute Gasteiger partial charge is 0.308 e. The van der Waals surface area contributed by atoms with Crippen LogP contribution in [0.5, 0.6) is 0 Å². The Hall–Kier alpha value is -2.00. The van der Waals surface area contributed by atoms with Crippen LogP contribution in [-0.2, 0) is 23.8 Å². The molecule has 2 unspecified atom stereocenters. The fraction of sp³-hybridized carbons (Fsp3) is 0.656. The van der Waals surface area contributed by atoms with E-state index in [2.05, 4.69) is 0 Å². The van der Waals surface area contributed by atoms with Gasteiger partial charge in [0.15, 0.2) is 0 Å². The van der Waals surface area contributed by atoms with E-state index in [1.165, 1.54) is 19.2 Å². The van der Waals surface area contributed by atoms with Gasteiger partial charge in [0.2, 0.25) is 0 Å². The van der Waals surface area contributed by atoms with Crippen molar-refractivity contribution < 1.29 is 32.3 Å². The number of aliphatic hydroxyl groups is 2. The summed E-state index contributed by atoms with van der Waals surface area (Å²) in [5.74, 6) is -0.439. The molecule has 3 rings (SSSR count). The highest BCUT2D eigenvalue weighted by molar-refractivity contribution is 7.86. The molecule has 0 amide bonds. The second-order valence-electron chi connectivity index (χ2n) is 11.7. The third-order valence-corrected chi connectivity index (χ3v) is 10.2. The summed E-state index contributed by atoms with van der Waals surface area (Å²) < 4.78 is 37.0. The standard InChI is InChI=1S/C32H48O7S/c1-5-23(3)29(33)20-19-27-28(14-8-6-7-13-26(32(35)38-4)24-11-9-10-12-24)31(21-30(27)34)39-40(36,37)25-17-15-22(2)16-18-25/h6,8,15-20,23-24,26-31,33-34H,5,7,9-14,21H2,1-4H3/b8-6-,20-19+/t23?,26?,27-,28-,29+,30-,31-/m1/s1. The van der Waals surface area contributed by atoms with Gasteiger partial charge in [-0.15, -0.1) is 0 Å². The Balaban J connectivity index is 1.73. The van der Waals surface area contributed by atoms with Crippen LogP contribution in [0, 0.1) is 36.5 Å². The molecular formula is C32H48O7S. The van der Waals surface area contributed by atoms with Crippen LogP contribution in [0.1, 0.15) is 77.2 Å². The van der Waals surface area contributed by atoms with Gasteiger partial charge < -0.3 is 14.9 Å². The van der Waals surface area contributed by atoms with Gasteiger partial charge in [-0.25, -0.2) is 0 Å². The predicted molar refractivity (Wildman–Crippen MR) is 156 cm³/mol. The molecule has 0 saturated heterocycles. The molecule has 224 valence electrons. The monoisotopic (exact) mass is 576 g/mol. The highest BCUT2D eigenvalue weighted by Gasteiger charge is 2.43. The van der Waals surface area contributed by atoms with Crippen molar-refractivity contribution in [3.8, 4) is 0 Å². The first kappa shape index (κ1) is 32.5. The Bertz CT molecular complexity index is 1090. The van der Waals surface area contributed by atoms with E-state index in [0.29, 0.717) is 25.2 Å². The SMILES string of the molecule is CCC(C)[C@@H](O)/C=C/[C@@H]1[C@@H](C/C=C\CCC(C(=O)OC)C2CCCC2)[C@H](OS(=O)(=O)c2ccc(C)cc2)C[C@H]1O. The molecule has 1 aromatic carbocycles. The summed E-state index contributed by atoms with van der Waals surface area (Å²) in [6.45, 7) is 5.86. The van der Waals surface area contributed by atoms with E-state index < -0.39 is 28.4 Å². The zero-order valence-corrected chi connectivity index (χ0v) is 25.3. The van der Waals surface area contributed by atoms with Gasteiger partial charge in [0.05, 0.1) is 36.2 Å². The first-order valence-electron chi connectivity index (χ1n) is 14.8. The van der Waals surface area contributed by atoms with Crippen molar-refractivity contribution >= 4 is 16.1 Å². The topological polar surface area (TPSA) is 110 Å². The summed E-state index contributed by atoms with van der Waals surface area (Å²) in [6.07, 6.45) is 12.8. The number of carbonyl (C=O) groups excluding carboxylic acids is 1. The maximum atomic E-state index is 13.1. The average molecular weight is 577 g/mol. The van der Waals surface area contributed by atoms with Crippen molar-refractivity contribution in [3.63, 3.8) is 0 Å². The molecule has 0 radical (unpaired) electrons. The summed E-state index contributed by atoms with van der Waals surface area (Å²) in [5, 5.41) is 21.4. The van der Waals surface area contributed by atoms with E-state index >= 15 is 0 Å². The van der Waals surface area contributed by atoms with Gasteiger partial charge in [-0.2, -0.15) is 8.42 Å². The molecule has 7 nitrogen and oxygen atoms in total. The molecule has 0 heterocycles. The first-order valence-corrected chi connectivity index (χ1v) is 16.2. The van der Waals surface area contributed by atoms with Gasteiger partial charge in [0.25, 0.3) is 10.1 Å². The predicted octanol–water partition coefficient (Wildman–Crippen LogP) is 5.74. The van der Waals surface area contributed by atoms with E-state index in [0.717, 1.165) is 37.7 Å². The van der Waals surface area contributed by atoms with Crippen LogP contribution in [0.2, 0.25) is 0 Å². The number of rotatable bonds is 14. The number of benzene rings is 1. The van der Waals surface area contributed by atoms with Gasteiger partial charge >= 0.3 is 5.97 Å². The third-order valence-electron chi connectivity index (χ3n) is 8.90. The third kappa shape index (κ3) is 8.75. The van der Waals surface area contributed by atoms with Crippen molar-refractivity contribution in [3.05, 3.63) is 54.1 Å². The Kier molecular flexibility index (Phi) is 12.4. The molecule has 2 aliphatic rings. The summed E-state index contributed by atoms with van der Waals surface area (Å²) in [6, 6.07) is 6.53. The quantitative estimate of drug-likeness (QED) is 0.165. The lowest BCUT2D eigenvalue weighted by Gasteiger charge is -2.23. The lowest BCUT2D eigenvalue weighted by molar-refractivity contribution is -0.147. The molecule has 0 aliphatic heterocycles. The Morgan fingerprint density at radius 3 is 2.45 bits per heavy atom. The molecule has 2 aliphatic carbocycles. The number of esters is 1. The number of ether oxygens (including phenoxy) is 1. The zero-order valence-electron chi connectivity index (χ0n) is 24.4. The van der Waals surface area contributed by atoms with Crippen molar-refractivity contribution in [1.29, 1.82) is 0 Å². The second kappa shape index (κ2) is 15.3. The molecule has 0 bridgehead atoms. The number of aliphatic hydroxyl groups excluding tert-OH is 2. The molecule has 1 aromatic rings. The normalized spacial score (nSPS) is 26.4. The maximum Gasteiger partial charge on any atom is 0.308 e. The minimum absolute atomic E-state index is 0.0738. The molecule has 2 saturated carbocycles. The zero-order chi connectivity index (χ0) is 29.3. The fourth-order valence-corrected chi connectivity index (χ4v) is 7.22. The van der Waals surface area contributed by atoms with Crippen LogP contribution in [0.15, 0.2) is 53.5 Å². The first-order chi connectivity index (χ1) is 19.1. The molecule has 2 fully saturated rings. The number of carbonyl (C=O) groups is 1. The van der Waals surface area contributed by atoms with Crippen molar-refractivity contribution in [1.82, 2.24) is 0 Å². The summed E-state index contributed by atoms with van der Waals surface area (Å²) in [5.41, 5.74) is 0.950. The van der Waals surface area contributed by atoms with Crippen LogP contribution < -0.4 is 0 Å². The van der Waals surface area contributed by atoms with E-state index in [1.807, 2.05) is 39.0 Å². The number of aryl methyl sites for hydroxylation is 1. The van der Waals surface area contributed by atoms with Crippen LogP contribution in [0.4, 0.5) is 0 Å². The van der Waals surface area contributed by atoms with Gasteiger partial charge in [-0.05, 0) is 68.9 Å². The summed E-state index contributed by atoms with van der Waals surface area (Å²) in [4.78, 5) is 12.5. The van der Waals surface area contributed by atoms with E-state index in [1.54, 1.807) is 18.2 Å². The molecule has 0 spiro atoms. The average Bonchev–Trinajstić information content (AvgIpc) is 3.56. The van der Waals surface area contributed by atoms with Gasteiger partial charge in [0.1, 0.15) is 0 Å². The molecule has 8 heteroatoms. The second-order valence-corrected chi connectivity index (χ2v) is 13.2. The number of hydrogen-bond donors (Lipinski definition) is 2. The highest BCUT2D eigenvalue weighted by Crippen LogP contribution is 2.40. The van der Waals surface area contributed by atoms with Gasteiger partial charge in [-0.1, -0.05) is 75.1 Å². The number of allylic oxidation sites excluding steroid dienone is 2. The Labute approximate surface area is 240 Å². The van der Waals surface area contributed by atoms with Crippen LogP contribution in [-0.4, -0.2) is 50.0 Å². The minimum atomic E-state index is -4.02. The molecular weight excluding hydrogens is 528 g/mol. The van der Waals surface area contributed by atoms with Crippen molar-refractivity contribution in [2.75, 3.05) is 7.11 Å². The summed E-state index contributed by atoms with van der Waals surface area (Å²) >= 11 is 0. The van der Waals surface area contributed by atoms with E-state index in [4.69, 9.17) is 8.92 Å². The lowest BCUT2D eigenvalue weighted by atomic mass is 9.86. The van der Waals surface area contributed by atoms with Crippen LogP contribution in [0.3, 0.4) is 0 Å². The Morgan fingerprint density at radius 1 is 1.15 bits per heavy atom. The number of hydrogen-bond acceptors (Lipinski definition) is 7. The molecule has 0 aromatic heterocycles. The Morgan fingerprint density at radius 2 is 1.82 bits per heavy atom. The van der Waals surface area contributed by atoms with E-state index in [-0.39, 0.29) is 41.0 Å². The number of methoxy groups -OCH3 is 1. The van der Waals surface area contributed by atoms with Gasteiger partial charge in [-0.3, -0.25) is 8.98 Å². The molecule has 2 N–H and O–H groups in total. The largest absolute Gasteiger partial charge is 0.469 e. The maximum absolute atomic E-state index is 13.1. The van der Waals surface area contributed by atoms with Gasteiger partial charge in [0, 0.05) is 12.3 Å². The van der Waals surface area contributed by atoms with Crippen molar-refractivity contribution in [2.45, 2.75) is 102 Å². The van der Waals surface area contributed by atoms with Crippen LogP contribution in [0.25, 0.3) is 0 Å². The highest BCUT2D eigenvalue weighted by atomic mass is 32.2. The van der Waals surface area contributed by atoms with E-state index in [9.17, 15) is 23.4 Å². The summed E-state index contributed by atoms with van der Waals surface area (Å²) in [7, 11) is -2.57. The fourth-order valence-electron chi connectivity index (χ4n) is 6.09. The van der Waals surface area contributed by atoms with Crippen molar-refractivity contribution in [2.24, 2.45) is 29.6 Å². The lowest BCUT2D eigenvalue weighted by Crippen LogP contribution is -2.25. The molecule has 7 atom stereocenters.